The van der Waals surface area contributed by atoms with E-state index in [4.69, 9.17) is 17.3 Å². The molecule has 1 aliphatic carbocycles. The van der Waals surface area contributed by atoms with Crippen molar-refractivity contribution < 1.29 is 24.6 Å². The Kier molecular flexibility index (Phi) is 9.67. The van der Waals surface area contributed by atoms with E-state index in [9.17, 15) is 19.5 Å². The molecule has 2 aliphatic rings. The van der Waals surface area contributed by atoms with Crippen molar-refractivity contribution in [2.24, 2.45) is 5.41 Å². The van der Waals surface area contributed by atoms with Gasteiger partial charge in [-0.1, -0.05) is 67.2 Å². The first kappa shape index (κ1) is 27.1. The summed E-state index contributed by atoms with van der Waals surface area (Å²) >= 11 is 6.50. The number of allylic oxidation sites excluding steroid dienone is 7. The first-order valence-corrected chi connectivity index (χ1v) is 12.4. The van der Waals surface area contributed by atoms with Crippen molar-refractivity contribution >= 4 is 46.1 Å². The van der Waals surface area contributed by atoms with Crippen LogP contribution in [-0.4, -0.2) is 43.3 Å². The Labute approximate surface area is 205 Å². The van der Waals surface area contributed by atoms with Crippen LogP contribution in [0.4, 0.5) is 0 Å². The minimum absolute atomic E-state index is 0.0816. The first-order valence-electron chi connectivity index (χ1n) is 11.2. The maximum atomic E-state index is 13.0. The summed E-state index contributed by atoms with van der Waals surface area (Å²) in [5.74, 6) is -2.33. The van der Waals surface area contributed by atoms with E-state index in [0.29, 0.717) is 9.23 Å². The van der Waals surface area contributed by atoms with Crippen LogP contribution >= 0.6 is 24.0 Å². The van der Waals surface area contributed by atoms with Gasteiger partial charge < -0.3 is 10.2 Å². The van der Waals surface area contributed by atoms with E-state index in [1.54, 1.807) is 6.08 Å². The Morgan fingerprint density at radius 3 is 2.58 bits per heavy atom. The Morgan fingerprint density at radius 2 is 1.97 bits per heavy atom. The molecule has 1 aliphatic heterocycles. The number of amides is 1. The van der Waals surface area contributed by atoms with Gasteiger partial charge in [0.2, 0.25) is 0 Å². The highest BCUT2D eigenvalue weighted by Crippen LogP contribution is 2.41. The molecule has 2 rings (SSSR count). The lowest BCUT2D eigenvalue weighted by Gasteiger charge is -2.32. The second-order valence-corrected chi connectivity index (χ2v) is 11.0. The highest BCUT2D eigenvalue weighted by Gasteiger charge is 2.37. The van der Waals surface area contributed by atoms with E-state index in [2.05, 4.69) is 32.9 Å². The van der Waals surface area contributed by atoms with E-state index < -0.39 is 18.0 Å². The summed E-state index contributed by atoms with van der Waals surface area (Å²) in [7, 11) is 0. The van der Waals surface area contributed by atoms with Crippen molar-refractivity contribution in [1.82, 2.24) is 4.90 Å². The number of nitrogens with zero attached hydrogens (tertiary/aromatic N) is 1. The van der Waals surface area contributed by atoms with Crippen LogP contribution in [0, 0.1) is 5.41 Å². The Hall–Kier alpha value is -2.19. The normalized spacial score (nSPS) is 21.4. The van der Waals surface area contributed by atoms with E-state index in [0.717, 1.165) is 23.8 Å². The van der Waals surface area contributed by atoms with Gasteiger partial charge in [-0.25, -0.2) is 0 Å². The lowest BCUT2D eigenvalue weighted by Crippen LogP contribution is -2.40. The van der Waals surface area contributed by atoms with E-state index in [1.807, 2.05) is 13.0 Å². The zero-order chi connectivity index (χ0) is 24.8. The fraction of sp³-hybridized carbons (Fsp3) is 0.520. The van der Waals surface area contributed by atoms with Gasteiger partial charge in [-0.3, -0.25) is 19.3 Å². The zero-order valence-corrected chi connectivity index (χ0v) is 21.4. The minimum atomic E-state index is -1.05. The highest BCUT2D eigenvalue weighted by molar-refractivity contribution is 8.26. The molecule has 0 bridgehead atoms. The third kappa shape index (κ3) is 7.67. The summed E-state index contributed by atoms with van der Waals surface area (Å²) in [5.41, 5.74) is 3.93. The van der Waals surface area contributed by atoms with Crippen LogP contribution < -0.4 is 0 Å². The van der Waals surface area contributed by atoms with Crippen LogP contribution in [0.3, 0.4) is 0 Å². The van der Waals surface area contributed by atoms with Gasteiger partial charge in [-0.05, 0) is 63.0 Å². The molecule has 0 radical (unpaired) electrons. The molecule has 1 atom stereocenters. The van der Waals surface area contributed by atoms with Crippen LogP contribution in [0.1, 0.15) is 72.6 Å². The molecule has 1 saturated heterocycles. The Morgan fingerprint density at radius 1 is 1.27 bits per heavy atom. The maximum Gasteiger partial charge on any atom is 0.305 e. The molecule has 6 nitrogen and oxygen atoms in total. The fourth-order valence-corrected chi connectivity index (χ4v) is 5.65. The molecule has 1 fully saturated rings. The quantitative estimate of drug-likeness (QED) is 0.225. The standard InChI is InChI=1S/C25H33NO5S2/c1-16(10-12-19-17(2)7-6-14-25(19,3)4)11-13-20-23(31)26(24(32)33-20)18(15-22(29)30)8-5-9-21(27)28/h10-13,18H,5-9,14-15H2,1-4H3,(H,27,28)(H,29,30). The third-order valence-corrected chi connectivity index (χ3v) is 7.43. The van der Waals surface area contributed by atoms with Gasteiger partial charge in [0.05, 0.1) is 11.3 Å². The average molecular weight is 492 g/mol. The van der Waals surface area contributed by atoms with Crippen LogP contribution in [0.5, 0.6) is 0 Å². The third-order valence-electron chi connectivity index (χ3n) is 6.08. The molecule has 8 heteroatoms. The number of thiocarbonyl (C=S) groups is 1. The van der Waals surface area contributed by atoms with Gasteiger partial charge in [-0.15, -0.1) is 0 Å². The van der Waals surface area contributed by atoms with Crippen molar-refractivity contribution in [2.45, 2.75) is 78.7 Å². The van der Waals surface area contributed by atoms with E-state index in [-0.39, 0.29) is 37.0 Å². The average Bonchev–Trinajstić information content (AvgIpc) is 2.97. The molecule has 33 heavy (non-hydrogen) atoms. The van der Waals surface area contributed by atoms with Crippen LogP contribution in [0.2, 0.25) is 0 Å². The molecule has 180 valence electrons. The summed E-state index contributed by atoms with van der Waals surface area (Å²) in [6.07, 6.45) is 11.5. The SMILES string of the molecule is CC(C=CC1=C(C)CCCC1(C)C)=CC=C1SC(=S)N(C(CCCC(=O)O)CC(=O)O)C1=O. The molecule has 0 spiro atoms. The monoisotopic (exact) mass is 491 g/mol. The number of carbonyl (C=O) groups excluding carboxylic acids is 1. The molecule has 0 aromatic rings. The van der Waals surface area contributed by atoms with E-state index in [1.165, 1.54) is 28.9 Å². The van der Waals surface area contributed by atoms with E-state index >= 15 is 0 Å². The lowest BCUT2D eigenvalue weighted by molar-refractivity contribution is -0.138. The molecule has 2 N–H and O–H groups in total. The van der Waals surface area contributed by atoms with Crippen LogP contribution in [-0.2, 0) is 14.4 Å². The van der Waals surface area contributed by atoms with Crippen LogP contribution in [0.15, 0.2) is 45.9 Å². The lowest BCUT2D eigenvalue weighted by atomic mass is 9.72. The largest absolute Gasteiger partial charge is 0.481 e. The van der Waals surface area contributed by atoms with Crippen molar-refractivity contribution in [3.05, 3.63) is 45.9 Å². The summed E-state index contributed by atoms with van der Waals surface area (Å²) in [6.45, 7) is 8.70. The Bertz CT molecular complexity index is 942. The van der Waals surface area contributed by atoms with Crippen LogP contribution in [0.25, 0.3) is 0 Å². The Balaban J connectivity index is 2.15. The topological polar surface area (TPSA) is 94.9 Å². The van der Waals surface area contributed by atoms with Crippen molar-refractivity contribution in [3.8, 4) is 0 Å². The minimum Gasteiger partial charge on any atom is -0.481 e. The molecule has 1 amide bonds. The molecule has 1 unspecified atom stereocenters. The zero-order valence-electron chi connectivity index (χ0n) is 19.7. The molecular formula is C25H33NO5S2. The molecular weight excluding hydrogens is 458 g/mol. The van der Waals surface area contributed by atoms with Gasteiger partial charge in [0.1, 0.15) is 4.32 Å². The predicted octanol–water partition coefficient (Wildman–Crippen LogP) is 5.86. The smallest absolute Gasteiger partial charge is 0.305 e. The summed E-state index contributed by atoms with van der Waals surface area (Å²) in [6, 6.07) is -0.659. The molecule has 0 aromatic heterocycles. The molecule has 0 saturated carbocycles. The summed E-state index contributed by atoms with van der Waals surface area (Å²) in [4.78, 5) is 36.9. The second kappa shape index (κ2) is 11.8. The fourth-order valence-electron chi connectivity index (χ4n) is 4.31. The van der Waals surface area contributed by atoms with Crippen molar-refractivity contribution in [2.75, 3.05) is 0 Å². The molecule has 0 aromatic carbocycles. The summed E-state index contributed by atoms with van der Waals surface area (Å²) in [5, 5.41) is 18.1. The second-order valence-electron chi connectivity index (χ2n) is 9.29. The number of carboxylic acids is 2. The number of thioether (sulfide) groups is 1. The van der Waals surface area contributed by atoms with Gasteiger partial charge in [0, 0.05) is 12.5 Å². The van der Waals surface area contributed by atoms with Gasteiger partial charge in [-0.2, -0.15) is 0 Å². The molecule has 1 heterocycles. The van der Waals surface area contributed by atoms with Crippen molar-refractivity contribution in [1.29, 1.82) is 0 Å². The number of hydrogen-bond acceptors (Lipinski definition) is 5. The first-order chi connectivity index (χ1) is 15.4. The predicted molar refractivity (Wildman–Crippen MR) is 136 cm³/mol. The number of carboxylic acid groups (broad SMARTS) is 2. The van der Waals surface area contributed by atoms with Gasteiger partial charge >= 0.3 is 11.9 Å². The highest BCUT2D eigenvalue weighted by atomic mass is 32.2. The van der Waals surface area contributed by atoms with Gasteiger partial charge in [0.15, 0.2) is 0 Å². The van der Waals surface area contributed by atoms with Gasteiger partial charge in [0.25, 0.3) is 5.91 Å². The summed E-state index contributed by atoms with van der Waals surface area (Å²) < 4.78 is 0.305. The number of hydrogen-bond donors (Lipinski definition) is 2. The maximum absolute atomic E-state index is 13.0. The van der Waals surface area contributed by atoms with Crippen molar-refractivity contribution in [3.63, 3.8) is 0 Å². The number of carbonyl (C=O) groups is 3. The number of aliphatic carboxylic acids is 2. The number of rotatable bonds is 10.